The van der Waals surface area contributed by atoms with Crippen LogP contribution in [0.3, 0.4) is 0 Å². The molecule has 0 bridgehead atoms. The number of hydrogen-bond acceptors (Lipinski definition) is 5. The number of pyridine rings is 1. The van der Waals surface area contributed by atoms with Crippen LogP contribution in [0.1, 0.15) is 24.1 Å². The first-order chi connectivity index (χ1) is 13.6. The molecular weight excluding hydrogens is 352 g/mol. The van der Waals surface area contributed by atoms with E-state index < -0.39 is 5.60 Å². The van der Waals surface area contributed by atoms with Gasteiger partial charge in [0, 0.05) is 30.6 Å². The Kier molecular flexibility index (Phi) is 5.20. The minimum absolute atomic E-state index is 0.679. The zero-order valence-corrected chi connectivity index (χ0v) is 16.4. The summed E-state index contributed by atoms with van der Waals surface area (Å²) < 4.78 is 10.7. The molecule has 2 heterocycles. The smallest absolute Gasteiger partial charge is 0.124 e. The lowest BCUT2D eigenvalue weighted by Gasteiger charge is -2.39. The van der Waals surface area contributed by atoms with Crippen molar-refractivity contribution in [1.82, 2.24) is 9.88 Å². The number of hydrogen-bond donors (Lipinski definition) is 1. The summed E-state index contributed by atoms with van der Waals surface area (Å²) in [4.78, 5) is 7.14. The SMILES string of the molecule is COc1ccc2nc(CN3CCC(O)(c4ccccc4OC)CC3)ccc2c1. The van der Waals surface area contributed by atoms with E-state index in [0.717, 1.165) is 53.3 Å². The highest BCUT2D eigenvalue weighted by molar-refractivity contribution is 5.80. The van der Waals surface area contributed by atoms with Gasteiger partial charge in [-0.2, -0.15) is 0 Å². The zero-order chi connectivity index (χ0) is 19.6. The number of ether oxygens (including phenoxy) is 2. The molecule has 1 N–H and O–H groups in total. The van der Waals surface area contributed by atoms with Crippen molar-refractivity contribution in [2.75, 3.05) is 27.3 Å². The van der Waals surface area contributed by atoms with Crippen molar-refractivity contribution in [3.05, 3.63) is 65.9 Å². The highest BCUT2D eigenvalue weighted by atomic mass is 16.5. The van der Waals surface area contributed by atoms with Crippen LogP contribution in [0.2, 0.25) is 0 Å². The molecule has 2 aromatic carbocycles. The summed E-state index contributed by atoms with van der Waals surface area (Å²) in [5, 5.41) is 12.3. The lowest BCUT2D eigenvalue weighted by molar-refractivity contribution is -0.0294. The van der Waals surface area contributed by atoms with Crippen molar-refractivity contribution in [3.8, 4) is 11.5 Å². The number of benzene rings is 2. The first-order valence-electron chi connectivity index (χ1n) is 9.63. The quantitative estimate of drug-likeness (QED) is 0.733. The Bertz CT molecular complexity index is 965. The second-order valence-electron chi connectivity index (χ2n) is 7.37. The number of aliphatic hydroxyl groups is 1. The fraction of sp³-hybridized carbons (Fsp3) is 0.348. The number of likely N-dealkylation sites (tertiary alicyclic amines) is 1. The molecule has 0 amide bonds. The molecule has 28 heavy (non-hydrogen) atoms. The van der Waals surface area contributed by atoms with Crippen LogP contribution in [0.5, 0.6) is 11.5 Å². The second kappa shape index (κ2) is 7.78. The van der Waals surface area contributed by atoms with E-state index in [0.29, 0.717) is 12.8 Å². The molecule has 0 radical (unpaired) electrons. The van der Waals surface area contributed by atoms with Crippen LogP contribution in [0, 0.1) is 0 Å². The lowest BCUT2D eigenvalue weighted by Crippen LogP contribution is -2.42. The molecule has 3 aromatic rings. The standard InChI is InChI=1S/C23H26N2O3/c1-27-19-9-10-21-17(15-19)7-8-18(24-21)16-25-13-11-23(26,12-14-25)20-5-3-4-6-22(20)28-2/h3-10,15,26H,11-14,16H2,1-2H3. The van der Waals surface area contributed by atoms with E-state index in [1.165, 1.54) is 0 Å². The summed E-state index contributed by atoms with van der Waals surface area (Å²) in [5.41, 5.74) is 2.06. The Morgan fingerprint density at radius 3 is 2.54 bits per heavy atom. The van der Waals surface area contributed by atoms with Gasteiger partial charge in [-0.1, -0.05) is 24.3 Å². The van der Waals surface area contributed by atoms with Crippen molar-refractivity contribution >= 4 is 10.9 Å². The molecule has 0 unspecified atom stereocenters. The number of fused-ring (bicyclic) bond motifs is 1. The number of piperidine rings is 1. The van der Waals surface area contributed by atoms with Crippen molar-refractivity contribution in [1.29, 1.82) is 0 Å². The summed E-state index contributed by atoms with van der Waals surface area (Å²) in [5.74, 6) is 1.60. The number of rotatable bonds is 5. The molecule has 1 aliphatic rings. The van der Waals surface area contributed by atoms with Crippen molar-refractivity contribution in [2.45, 2.75) is 25.0 Å². The van der Waals surface area contributed by atoms with E-state index in [1.807, 2.05) is 42.5 Å². The van der Waals surface area contributed by atoms with E-state index in [4.69, 9.17) is 14.5 Å². The minimum atomic E-state index is -0.837. The molecule has 146 valence electrons. The van der Waals surface area contributed by atoms with Gasteiger partial charge < -0.3 is 14.6 Å². The first kappa shape index (κ1) is 18.7. The Morgan fingerprint density at radius 2 is 1.79 bits per heavy atom. The fourth-order valence-corrected chi connectivity index (χ4v) is 3.97. The summed E-state index contributed by atoms with van der Waals surface area (Å²) >= 11 is 0. The zero-order valence-electron chi connectivity index (χ0n) is 16.4. The second-order valence-corrected chi connectivity index (χ2v) is 7.37. The van der Waals surface area contributed by atoms with Gasteiger partial charge in [0.05, 0.1) is 31.0 Å². The van der Waals surface area contributed by atoms with Crippen LogP contribution in [0.25, 0.3) is 10.9 Å². The molecule has 1 aromatic heterocycles. The van der Waals surface area contributed by atoms with E-state index in [-0.39, 0.29) is 0 Å². The Hall–Kier alpha value is -2.63. The Labute approximate surface area is 165 Å². The molecule has 5 heteroatoms. The van der Waals surface area contributed by atoms with Crippen LogP contribution in [0.15, 0.2) is 54.6 Å². The number of methoxy groups -OCH3 is 2. The maximum absolute atomic E-state index is 11.2. The maximum Gasteiger partial charge on any atom is 0.124 e. The van der Waals surface area contributed by atoms with Crippen LogP contribution < -0.4 is 9.47 Å². The van der Waals surface area contributed by atoms with Gasteiger partial charge in [0.25, 0.3) is 0 Å². The van der Waals surface area contributed by atoms with Gasteiger partial charge in [-0.05, 0) is 43.2 Å². The average Bonchev–Trinajstić information content (AvgIpc) is 2.75. The van der Waals surface area contributed by atoms with Crippen molar-refractivity contribution < 1.29 is 14.6 Å². The van der Waals surface area contributed by atoms with E-state index in [1.54, 1.807) is 14.2 Å². The summed E-state index contributed by atoms with van der Waals surface area (Å²) in [7, 11) is 3.32. The van der Waals surface area contributed by atoms with Gasteiger partial charge in [0.2, 0.25) is 0 Å². The molecule has 5 nitrogen and oxygen atoms in total. The summed E-state index contributed by atoms with van der Waals surface area (Å²) in [6, 6.07) is 17.9. The third kappa shape index (κ3) is 3.68. The van der Waals surface area contributed by atoms with Gasteiger partial charge in [0.15, 0.2) is 0 Å². The van der Waals surface area contributed by atoms with Crippen LogP contribution in [-0.2, 0) is 12.1 Å². The molecular formula is C23H26N2O3. The van der Waals surface area contributed by atoms with Gasteiger partial charge in [-0.3, -0.25) is 9.88 Å². The van der Waals surface area contributed by atoms with Crippen LogP contribution in [0.4, 0.5) is 0 Å². The minimum Gasteiger partial charge on any atom is -0.497 e. The van der Waals surface area contributed by atoms with Crippen LogP contribution >= 0.6 is 0 Å². The van der Waals surface area contributed by atoms with Gasteiger partial charge in [-0.15, -0.1) is 0 Å². The highest BCUT2D eigenvalue weighted by Gasteiger charge is 2.36. The number of para-hydroxylation sites is 1. The molecule has 1 saturated heterocycles. The monoisotopic (exact) mass is 378 g/mol. The largest absolute Gasteiger partial charge is 0.497 e. The number of aromatic nitrogens is 1. The molecule has 0 spiro atoms. The molecule has 1 fully saturated rings. The first-order valence-corrected chi connectivity index (χ1v) is 9.63. The van der Waals surface area contributed by atoms with Crippen LogP contribution in [-0.4, -0.2) is 42.3 Å². The van der Waals surface area contributed by atoms with Gasteiger partial charge in [0.1, 0.15) is 11.5 Å². The molecule has 1 aliphatic heterocycles. The Morgan fingerprint density at radius 1 is 1.00 bits per heavy atom. The fourth-order valence-electron chi connectivity index (χ4n) is 3.97. The topological polar surface area (TPSA) is 54.8 Å². The summed E-state index contributed by atoms with van der Waals surface area (Å²) in [6.45, 7) is 2.41. The van der Waals surface area contributed by atoms with Gasteiger partial charge >= 0.3 is 0 Å². The molecule has 0 saturated carbocycles. The van der Waals surface area contributed by atoms with Crippen molar-refractivity contribution in [3.63, 3.8) is 0 Å². The van der Waals surface area contributed by atoms with E-state index >= 15 is 0 Å². The predicted molar refractivity (Wildman–Crippen MR) is 110 cm³/mol. The summed E-state index contributed by atoms with van der Waals surface area (Å²) in [6.07, 6.45) is 1.36. The molecule has 0 aliphatic carbocycles. The normalized spacial score (nSPS) is 16.8. The average molecular weight is 378 g/mol. The predicted octanol–water partition coefficient (Wildman–Crippen LogP) is 3.74. The Balaban J connectivity index is 1.45. The van der Waals surface area contributed by atoms with E-state index in [9.17, 15) is 5.11 Å². The molecule has 0 atom stereocenters. The number of nitrogens with zero attached hydrogens (tertiary/aromatic N) is 2. The lowest BCUT2D eigenvalue weighted by atomic mass is 9.84. The molecule has 4 rings (SSSR count). The maximum atomic E-state index is 11.2. The highest BCUT2D eigenvalue weighted by Crippen LogP contribution is 2.38. The van der Waals surface area contributed by atoms with Gasteiger partial charge in [-0.25, -0.2) is 0 Å². The third-order valence-electron chi connectivity index (χ3n) is 5.63. The van der Waals surface area contributed by atoms with E-state index in [2.05, 4.69) is 17.0 Å². The third-order valence-corrected chi connectivity index (χ3v) is 5.63. The van der Waals surface area contributed by atoms with Crippen molar-refractivity contribution in [2.24, 2.45) is 0 Å².